The third-order valence-electron chi connectivity index (χ3n) is 12.2. The SMILES string of the molecule is Cc1cc(C)cc(N(c2cc(-c3ccc4c(c3)C(C)(C)c3ccccc3-4)cc(N(c3cc(C)cc(C)c3)c3ccc4ccccc4c3)c2)c2ccc3ccccc3c2)c1. The second-order valence-corrected chi connectivity index (χ2v) is 17.1. The summed E-state index contributed by atoms with van der Waals surface area (Å²) in [6, 6.07) is 68.0. The molecule has 0 saturated heterocycles. The van der Waals surface area contributed by atoms with Gasteiger partial charge in [0.15, 0.2) is 0 Å². The van der Waals surface area contributed by atoms with E-state index in [1.165, 1.54) is 71.6 Å². The monoisotopic (exact) mass is 760 g/mol. The number of benzene rings is 9. The molecular formula is C57H48N2. The average Bonchev–Trinajstić information content (AvgIpc) is 3.45. The molecule has 0 bridgehead atoms. The standard InChI is InChI=1S/C57H48N2/c1-37-25-38(2)28-49(27-37)58(47-22-19-41-13-7-9-15-43(41)31-47)51-33-46(45-21-24-54-53-17-11-12-18-55(53)57(5,6)56(54)35-45)34-52(36-51)59(50-29-39(3)26-40(4)30-50)48-23-20-42-14-8-10-16-44(42)32-48/h7-36H,1-6H3. The molecule has 0 aromatic heterocycles. The van der Waals surface area contributed by atoms with E-state index >= 15 is 0 Å². The first-order valence-electron chi connectivity index (χ1n) is 20.7. The van der Waals surface area contributed by atoms with Crippen LogP contribution in [0, 0.1) is 27.7 Å². The van der Waals surface area contributed by atoms with Gasteiger partial charge in [-0.15, -0.1) is 0 Å². The molecule has 0 atom stereocenters. The van der Waals surface area contributed by atoms with E-state index in [0.29, 0.717) is 0 Å². The summed E-state index contributed by atoms with van der Waals surface area (Å²) in [5.41, 5.74) is 19.3. The Bertz CT molecular complexity index is 2900. The largest absolute Gasteiger partial charge is 0.310 e. The average molecular weight is 761 g/mol. The summed E-state index contributed by atoms with van der Waals surface area (Å²) in [6.07, 6.45) is 0. The van der Waals surface area contributed by atoms with E-state index in [0.717, 1.165) is 39.7 Å². The van der Waals surface area contributed by atoms with Crippen LogP contribution in [0.4, 0.5) is 34.1 Å². The molecule has 0 fully saturated rings. The Morgan fingerprint density at radius 3 is 1.27 bits per heavy atom. The molecule has 0 aliphatic heterocycles. The van der Waals surface area contributed by atoms with Crippen molar-refractivity contribution in [1.29, 1.82) is 0 Å². The predicted molar refractivity (Wildman–Crippen MR) is 253 cm³/mol. The van der Waals surface area contributed by atoms with Crippen LogP contribution in [0.25, 0.3) is 43.8 Å². The van der Waals surface area contributed by atoms with Crippen molar-refractivity contribution in [2.24, 2.45) is 0 Å². The van der Waals surface area contributed by atoms with Gasteiger partial charge in [0, 0.05) is 39.5 Å². The van der Waals surface area contributed by atoms with Gasteiger partial charge < -0.3 is 9.80 Å². The molecule has 0 amide bonds. The normalized spacial score (nSPS) is 12.7. The van der Waals surface area contributed by atoms with Gasteiger partial charge in [0.05, 0.1) is 0 Å². The fraction of sp³-hybridized carbons (Fsp3) is 0.123. The van der Waals surface area contributed by atoms with Crippen molar-refractivity contribution in [2.45, 2.75) is 47.0 Å². The van der Waals surface area contributed by atoms with Crippen LogP contribution < -0.4 is 9.80 Å². The number of nitrogens with zero attached hydrogens (tertiary/aromatic N) is 2. The Kier molecular flexibility index (Phi) is 8.76. The summed E-state index contributed by atoms with van der Waals surface area (Å²) in [6.45, 7) is 13.5. The van der Waals surface area contributed by atoms with E-state index in [9.17, 15) is 0 Å². The van der Waals surface area contributed by atoms with Crippen molar-refractivity contribution in [3.8, 4) is 22.3 Å². The number of fused-ring (bicyclic) bond motifs is 5. The van der Waals surface area contributed by atoms with Gasteiger partial charge in [0.1, 0.15) is 0 Å². The Balaban J connectivity index is 1.26. The number of hydrogen-bond acceptors (Lipinski definition) is 2. The van der Waals surface area contributed by atoms with Crippen LogP contribution in [0.15, 0.2) is 182 Å². The number of hydrogen-bond donors (Lipinski definition) is 0. The highest BCUT2D eigenvalue weighted by atomic mass is 15.2. The highest BCUT2D eigenvalue weighted by Crippen LogP contribution is 2.51. The van der Waals surface area contributed by atoms with Crippen LogP contribution in [0.5, 0.6) is 0 Å². The van der Waals surface area contributed by atoms with E-state index in [4.69, 9.17) is 0 Å². The van der Waals surface area contributed by atoms with Gasteiger partial charge in [0.25, 0.3) is 0 Å². The molecule has 2 heteroatoms. The molecule has 10 rings (SSSR count). The van der Waals surface area contributed by atoms with Crippen molar-refractivity contribution in [1.82, 2.24) is 0 Å². The van der Waals surface area contributed by atoms with Gasteiger partial charge in [-0.3, -0.25) is 0 Å². The molecule has 0 unspecified atom stereocenters. The van der Waals surface area contributed by atoms with Crippen LogP contribution in [0.1, 0.15) is 47.2 Å². The first kappa shape index (κ1) is 36.4. The molecule has 9 aromatic rings. The van der Waals surface area contributed by atoms with E-state index in [1.807, 2.05) is 0 Å². The summed E-state index contributed by atoms with van der Waals surface area (Å²) in [5, 5.41) is 4.88. The minimum atomic E-state index is -0.116. The summed E-state index contributed by atoms with van der Waals surface area (Å²) >= 11 is 0. The number of anilines is 6. The minimum absolute atomic E-state index is 0.116. The summed E-state index contributed by atoms with van der Waals surface area (Å²) < 4.78 is 0. The fourth-order valence-electron chi connectivity index (χ4n) is 9.59. The lowest BCUT2D eigenvalue weighted by molar-refractivity contribution is 0.660. The van der Waals surface area contributed by atoms with Gasteiger partial charge in [0.2, 0.25) is 0 Å². The van der Waals surface area contributed by atoms with Crippen LogP contribution >= 0.6 is 0 Å². The number of rotatable bonds is 7. The van der Waals surface area contributed by atoms with Crippen molar-refractivity contribution in [3.05, 3.63) is 215 Å². The zero-order chi connectivity index (χ0) is 40.4. The highest BCUT2D eigenvalue weighted by molar-refractivity contribution is 5.94. The summed E-state index contributed by atoms with van der Waals surface area (Å²) in [7, 11) is 0. The number of aryl methyl sites for hydroxylation is 4. The second-order valence-electron chi connectivity index (χ2n) is 17.1. The van der Waals surface area contributed by atoms with Crippen LogP contribution in [-0.4, -0.2) is 0 Å². The molecule has 1 aliphatic carbocycles. The lowest BCUT2D eigenvalue weighted by Crippen LogP contribution is -2.15. The topological polar surface area (TPSA) is 6.48 Å². The zero-order valence-electron chi connectivity index (χ0n) is 34.7. The summed E-state index contributed by atoms with van der Waals surface area (Å²) in [4.78, 5) is 4.90. The van der Waals surface area contributed by atoms with Gasteiger partial charge in [-0.2, -0.15) is 0 Å². The molecule has 0 radical (unpaired) electrons. The first-order valence-corrected chi connectivity index (χ1v) is 20.7. The Labute approximate surface area is 348 Å². The van der Waals surface area contributed by atoms with Crippen LogP contribution in [0.3, 0.4) is 0 Å². The summed E-state index contributed by atoms with van der Waals surface area (Å²) in [5.74, 6) is 0. The molecule has 1 aliphatic rings. The van der Waals surface area contributed by atoms with Crippen molar-refractivity contribution in [3.63, 3.8) is 0 Å². The zero-order valence-corrected chi connectivity index (χ0v) is 34.7. The molecule has 286 valence electrons. The smallest absolute Gasteiger partial charge is 0.0488 e. The minimum Gasteiger partial charge on any atom is -0.310 e. The van der Waals surface area contributed by atoms with Gasteiger partial charge in [-0.25, -0.2) is 0 Å². The van der Waals surface area contributed by atoms with Crippen LogP contribution in [0.2, 0.25) is 0 Å². The van der Waals surface area contributed by atoms with E-state index in [2.05, 4.69) is 233 Å². The van der Waals surface area contributed by atoms with Gasteiger partial charge >= 0.3 is 0 Å². The van der Waals surface area contributed by atoms with E-state index in [1.54, 1.807) is 0 Å². The molecule has 2 nitrogen and oxygen atoms in total. The van der Waals surface area contributed by atoms with Crippen molar-refractivity contribution < 1.29 is 0 Å². The third kappa shape index (κ3) is 6.55. The Hall–Kier alpha value is -6.90. The Morgan fingerprint density at radius 2 is 0.746 bits per heavy atom. The maximum absolute atomic E-state index is 2.45. The molecule has 59 heavy (non-hydrogen) atoms. The molecule has 9 aromatic carbocycles. The molecular weight excluding hydrogens is 713 g/mol. The molecule has 0 heterocycles. The van der Waals surface area contributed by atoms with E-state index in [-0.39, 0.29) is 5.41 Å². The maximum atomic E-state index is 2.45. The Morgan fingerprint density at radius 1 is 0.305 bits per heavy atom. The molecule has 0 saturated carbocycles. The van der Waals surface area contributed by atoms with Crippen molar-refractivity contribution >= 4 is 55.7 Å². The first-order chi connectivity index (χ1) is 28.6. The maximum Gasteiger partial charge on any atom is 0.0488 e. The van der Waals surface area contributed by atoms with Crippen LogP contribution in [-0.2, 0) is 5.41 Å². The third-order valence-corrected chi connectivity index (χ3v) is 12.2. The quantitative estimate of drug-likeness (QED) is 0.160. The fourth-order valence-corrected chi connectivity index (χ4v) is 9.59. The lowest BCUT2D eigenvalue weighted by atomic mass is 9.81. The highest BCUT2D eigenvalue weighted by Gasteiger charge is 2.35. The predicted octanol–water partition coefficient (Wildman–Crippen LogP) is 16.1. The van der Waals surface area contributed by atoms with Gasteiger partial charge in [-0.05, 0) is 178 Å². The molecule has 0 spiro atoms. The molecule has 0 N–H and O–H groups in total. The second kappa shape index (κ2) is 14.2. The van der Waals surface area contributed by atoms with E-state index < -0.39 is 0 Å². The van der Waals surface area contributed by atoms with Crippen molar-refractivity contribution in [2.75, 3.05) is 9.80 Å². The van der Waals surface area contributed by atoms with Gasteiger partial charge in [-0.1, -0.05) is 123 Å². The lowest BCUT2D eigenvalue weighted by Gasteiger charge is -2.31.